The van der Waals surface area contributed by atoms with Crippen molar-refractivity contribution in [1.29, 1.82) is 0 Å². The number of carbonyl (C=O) groups excluding carboxylic acids is 1. The fourth-order valence-corrected chi connectivity index (χ4v) is 2.45. The number of rotatable bonds is 5. The van der Waals surface area contributed by atoms with Gasteiger partial charge in [0.05, 0.1) is 5.56 Å². The molecule has 5 nitrogen and oxygen atoms in total. The van der Waals surface area contributed by atoms with Gasteiger partial charge in [0, 0.05) is 26.3 Å². The molecule has 0 spiro atoms. The van der Waals surface area contributed by atoms with Crippen molar-refractivity contribution in [3.8, 4) is 11.4 Å². The number of nitrogens with one attached hydrogen (secondary N) is 1. The van der Waals surface area contributed by atoms with E-state index in [0.29, 0.717) is 28.8 Å². The zero-order chi connectivity index (χ0) is 14.5. The molecule has 1 aromatic heterocycles. The van der Waals surface area contributed by atoms with E-state index in [-0.39, 0.29) is 11.7 Å². The highest BCUT2D eigenvalue weighted by Crippen LogP contribution is 2.24. The zero-order valence-electron chi connectivity index (χ0n) is 11.3. The van der Waals surface area contributed by atoms with E-state index in [2.05, 4.69) is 15.5 Å². The van der Waals surface area contributed by atoms with E-state index in [9.17, 15) is 9.18 Å². The second-order valence-corrected chi connectivity index (χ2v) is 5.24. The van der Waals surface area contributed by atoms with Crippen LogP contribution in [0.2, 0.25) is 0 Å². The Kier molecular flexibility index (Phi) is 4.73. The average molecular weight is 294 g/mol. The Morgan fingerprint density at radius 2 is 2.15 bits per heavy atom. The van der Waals surface area contributed by atoms with Crippen LogP contribution < -0.4 is 5.32 Å². The molecular formula is C13H15FN4OS. The summed E-state index contributed by atoms with van der Waals surface area (Å²) in [4.78, 5) is 10.8. The van der Waals surface area contributed by atoms with Crippen molar-refractivity contribution >= 4 is 17.7 Å². The molecule has 1 amide bonds. The molecule has 1 heterocycles. The lowest BCUT2D eigenvalue weighted by Crippen LogP contribution is -2.22. The van der Waals surface area contributed by atoms with Gasteiger partial charge < -0.3 is 9.88 Å². The molecule has 0 saturated heterocycles. The second kappa shape index (κ2) is 6.51. The van der Waals surface area contributed by atoms with Crippen molar-refractivity contribution in [3.05, 3.63) is 30.1 Å². The van der Waals surface area contributed by atoms with E-state index < -0.39 is 0 Å². The number of hydrogen-bond donors (Lipinski definition) is 1. The van der Waals surface area contributed by atoms with Crippen LogP contribution in [0, 0.1) is 5.82 Å². The molecule has 0 atom stereocenters. The van der Waals surface area contributed by atoms with Gasteiger partial charge in [0.25, 0.3) is 0 Å². The highest BCUT2D eigenvalue weighted by atomic mass is 32.2. The lowest BCUT2D eigenvalue weighted by atomic mass is 10.2. The Bertz CT molecular complexity index is 614. The average Bonchev–Trinajstić information content (AvgIpc) is 2.77. The van der Waals surface area contributed by atoms with Gasteiger partial charge in [-0.3, -0.25) is 4.79 Å². The predicted octanol–water partition coefficient (Wildman–Crippen LogP) is 1.85. The summed E-state index contributed by atoms with van der Waals surface area (Å²) in [6.45, 7) is 2.03. The summed E-state index contributed by atoms with van der Waals surface area (Å²) in [6.07, 6.45) is 0. The fraction of sp³-hybridized carbons (Fsp3) is 0.308. The summed E-state index contributed by atoms with van der Waals surface area (Å²) < 4.78 is 15.5. The standard InChI is InChI=1S/C13H15FN4OS/c1-9(19)15-7-8-20-13-17-16-12(18(13)2)10-5-3-4-6-11(10)14/h3-6H,7-8H2,1-2H3,(H,15,19). The molecule has 0 aliphatic carbocycles. The van der Waals surface area contributed by atoms with Crippen molar-refractivity contribution in [2.24, 2.45) is 7.05 Å². The molecule has 0 bridgehead atoms. The Morgan fingerprint density at radius 1 is 1.40 bits per heavy atom. The normalized spacial score (nSPS) is 10.6. The van der Waals surface area contributed by atoms with Gasteiger partial charge in [-0.2, -0.15) is 0 Å². The molecule has 0 fully saturated rings. The first-order chi connectivity index (χ1) is 9.59. The van der Waals surface area contributed by atoms with Crippen molar-refractivity contribution in [2.45, 2.75) is 12.1 Å². The number of carbonyl (C=O) groups is 1. The highest BCUT2D eigenvalue weighted by molar-refractivity contribution is 7.99. The van der Waals surface area contributed by atoms with Crippen LogP contribution in [0.4, 0.5) is 4.39 Å². The van der Waals surface area contributed by atoms with Crippen LogP contribution in [0.25, 0.3) is 11.4 Å². The van der Waals surface area contributed by atoms with Crippen LogP contribution in [-0.2, 0) is 11.8 Å². The smallest absolute Gasteiger partial charge is 0.216 e. The van der Waals surface area contributed by atoms with Crippen LogP contribution in [0.3, 0.4) is 0 Å². The quantitative estimate of drug-likeness (QED) is 0.675. The molecule has 0 radical (unpaired) electrons. The largest absolute Gasteiger partial charge is 0.356 e. The van der Waals surface area contributed by atoms with Crippen LogP contribution in [0.1, 0.15) is 6.92 Å². The van der Waals surface area contributed by atoms with Gasteiger partial charge >= 0.3 is 0 Å². The first kappa shape index (κ1) is 14.5. The predicted molar refractivity (Wildman–Crippen MR) is 75.8 cm³/mol. The molecule has 7 heteroatoms. The summed E-state index contributed by atoms with van der Waals surface area (Å²) in [5.41, 5.74) is 0.427. The van der Waals surface area contributed by atoms with Gasteiger partial charge in [-0.1, -0.05) is 23.9 Å². The van der Waals surface area contributed by atoms with Gasteiger partial charge in [0.1, 0.15) is 5.82 Å². The van der Waals surface area contributed by atoms with Crippen molar-refractivity contribution < 1.29 is 9.18 Å². The van der Waals surface area contributed by atoms with E-state index in [4.69, 9.17) is 0 Å². The molecule has 2 aromatic rings. The Balaban J connectivity index is 2.08. The highest BCUT2D eigenvalue weighted by Gasteiger charge is 2.13. The molecule has 2 rings (SSSR count). The summed E-state index contributed by atoms with van der Waals surface area (Å²) in [6, 6.07) is 6.47. The van der Waals surface area contributed by atoms with Crippen LogP contribution in [0.5, 0.6) is 0 Å². The second-order valence-electron chi connectivity index (χ2n) is 4.18. The molecule has 0 aliphatic heterocycles. The Morgan fingerprint density at radius 3 is 2.85 bits per heavy atom. The monoisotopic (exact) mass is 294 g/mol. The van der Waals surface area contributed by atoms with Gasteiger partial charge in [-0.05, 0) is 12.1 Å². The molecule has 106 valence electrons. The SMILES string of the molecule is CC(=O)NCCSc1nnc(-c2ccccc2F)n1C. The fourth-order valence-electron chi connectivity index (χ4n) is 1.69. The Labute approximate surface area is 120 Å². The first-order valence-electron chi connectivity index (χ1n) is 6.11. The number of nitrogens with zero attached hydrogens (tertiary/aromatic N) is 3. The third-order valence-corrected chi connectivity index (χ3v) is 3.68. The van der Waals surface area contributed by atoms with Crippen molar-refractivity contribution in [2.75, 3.05) is 12.3 Å². The van der Waals surface area contributed by atoms with Gasteiger partial charge in [-0.15, -0.1) is 10.2 Å². The topological polar surface area (TPSA) is 59.8 Å². The van der Waals surface area contributed by atoms with E-state index >= 15 is 0 Å². The molecule has 0 unspecified atom stereocenters. The third-order valence-electron chi connectivity index (χ3n) is 2.66. The minimum atomic E-state index is -0.321. The zero-order valence-corrected chi connectivity index (χ0v) is 12.1. The number of aromatic nitrogens is 3. The number of hydrogen-bond acceptors (Lipinski definition) is 4. The van der Waals surface area contributed by atoms with E-state index in [1.807, 2.05) is 0 Å². The van der Waals surface area contributed by atoms with E-state index in [1.54, 1.807) is 29.8 Å². The summed E-state index contributed by atoms with van der Waals surface area (Å²) in [7, 11) is 1.79. The molecular weight excluding hydrogens is 279 g/mol. The van der Waals surface area contributed by atoms with E-state index in [0.717, 1.165) is 0 Å². The minimum Gasteiger partial charge on any atom is -0.356 e. The van der Waals surface area contributed by atoms with Crippen LogP contribution in [0.15, 0.2) is 29.4 Å². The summed E-state index contributed by atoms with van der Waals surface area (Å²) >= 11 is 1.46. The van der Waals surface area contributed by atoms with Crippen LogP contribution in [-0.4, -0.2) is 33.0 Å². The minimum absolute atomic E-state index is 0.0596. The lowest BCUT2D eigenvalue weighted by Gasteiger charge is -2.05. The van der Waals surface area contributed by atoms with E-state index in [1.165, 1.54) is 24.8 Å². The molecule has 1 aromatic carbocycles. The molecule has 0 aliphatic rings. The molecule has 1 N–H and O–H groups in total. The number of halogens is 1. The van der Waals surface area contributed by atoms with Crippen molar-refractivity contribution in [1.82, 2.24) is 20.1 Å². The Hall–Kier alpha value is -1.89. The number of thioether (sulfide) groups is 1. The summed E-state index contributed by atoms with van der Waals surface area (Å²) in [5, 5.41) is 11.5. The third kappa shape index (κ3) is 3.36. The lowest BCUT2D eigenvalue weighted by molar-refractivity contribution is -0.118. The maximum Gasteiger partial charge on any atom is 0.216 e. The summed E-state index contributed by atoms with van der Waals surface area (Å²) in [5.74, 6) is 0.793. The van der Waals surface area contributed by atoms with Gasteiger partial charge in [0.2, 0.25) is 5.91 Å². The number of benzene rings is 1. The van der Waals surface area contributed by atoms with Crippen molar-refractivity contribution in [3.63, 3.8) is 0 Å². The molecule has 20 heavy (non-hydrogen) atoms. The van der Waals surface area contributed by atoms with Gasteiger partial charge in [0.15, 0.2) is 11.0 Å². The van der Waals surface area contributed by atoms with Crippen LogP contribution >= 0.6 is 11.8 Å². The number of amides is 1. The molecule has 0 saturated carbocycles. The van der Waals surface area contributed by atoms with Gasteiger partial charge in [-0.25, -0.2) is 4.39 Å². The maximum atomic E-state index is 13.7. The maximum absolute atomic E-state index is 13.7. The first-order valence-corrected chi connectivity index (χ1v) is 7.09.